The lowest BCUT2D eigenvalue weighted by molar-refractivity contribution is -0.145. The third kappa shape index (κ3) is 11.0. The van der Waals surface area contributed by atoms with Crippen molar-refractivity contribution < 1.29 is 24.2 Å². The lowest BCUT2D eigenvalue weighted by Gasteiger charge is -2.39. The van der Waals surface area contributed by atoms with Gasteiger partial charge in [0.25, 0.3) is 0 Å². The van der Waals surface area contributed by atoms with E-state index in [4.69, 9.17) is 4.74 Å². The fourth-order valence-corrected chi connectivity index (χ4v) is 4.96. The molecular weight excluding hydrogens is 530 g/mol. The summed E-state index contributed by atoms with van der Waals surface area (Å²) in [5.74, 6) is -0.494. The van der Waals surface area contributed by atoms with Crippen LogP contribution in [0.5, 0.6) is 5.75 Å². The molecule has 4 atom stereocenters. The molecule has 2 aromatic carbocycles. The predicted molar refractivity (Wildman–Crippen MR) is 167 cm³/mol. The summed E-state index contributed by atoms with van der Waals surface area (Å²) >= 11 is 0. The number of ether oxygens (including phenoxy) is 1. The zero-order chi connectivity index (χ0) is 31.4. The Bertz CT molecular complexity index is 1150. The highest BCUT2D eigenvalue weighted by Gasteiger charge is 2.40. The number of alkyl carbamates (subject to hydrolysis) is 1. The number of hydrogen-bond acceptors (Lipinski definition) is 5. The van der Waals surface area contributed by atoms with Crippen LogP contribution in [0.1, 0.15) is 98.2 Å². The third-order valence-corrected chi connectivity index (χ3v) is 7.03. The molecule has 0 aliphatic carbocycles. The molecule has 0 aliphatic heterocycles. The van der Waals surface area contributed by atoms with Gasteiger partial charge in [-0.2, -0.15) is 0 Å². The van der Waals surface area contributed by atoms with Crippen molar-refractivity contribution in [3.8, 4) is 5.75 Å². The molecule has 42 heavy (non-hydrogen) atoms. The maximum absolute atomic E-state index is 14.7. The fraction of sp³-hybridized carbons (Fsp3) is 0.559. The minimum absolute atomic E-state index is 0.0747. The number of phenolic OH excluding ortho intramolecular Hbond substituents is 1. The van der Waals surface area contributed by atoms with Gasteiger partial charge in [0, 0.05) is 24.1 Å². The van der Waals surface area contributed by atoms with Gasteiger partial charge in [-0.05, 0) is 71.4 Å². The quantitative estimate of drug-likeness (QED) is 0.235. The Labute approximate surface area is 252 Å². The smallest absolute Gasteiger partial charge is 0.408 e. The van der Waals surface area contributed by atoms with E-state index in [0.717, 1.165) is 24.8 Å². The first-order valence-electron chi connectivity index (χ1n) is 15.2. The summed E-state index contributed by atoms with van der Waals surface area (Å²) in [6.07, 6.45) is 2.60. The Balaban J connectivity index is 2.65. The van der Waals surface area contributed by atoms with Crippen molar-refractivity contribution in [3.05, 3.63) is 65.7 Å². The zero-order valence-corrected chi connectivity index (χ0v) is 26.6. The van der Waals surface area contributed by atoms with Gasteiger partial charge in [0.1, 0.15) is 23.4 Å². The van der Waals surface area contributed by atoms with Crippen LogP contribution in [0.4, 0.5) is 4.79 Å². The van der Waals surface area contributed by atoms with E-state index in [1.807, 2.05) is 51.1 Å². The van der Waals surface area contributed by atoms with E-state index in [1.165, 1.54) is 6.07 Å². The Hall–Kier alpha value is -3.55. The van der Waals surface area contributed by atoms with Crippen LogP contribution in [0.25, 0.3) is 0 Å². The number of nitrogens with one attached hydrogen (secondary N) is 2. The lowest BCUT2D eigenvalue weighted by Crippen LogP contribution is -2.56. The predicted octanol–water partition coefficient (Wildman–Crippen LogP) is 6.53. The molecule has 0 saturated carbocycles. The molecule has 3 N–H and O–H groups in total. The van der Waals surface area contributed by atoms with Gasteiger partial charge in [-0.3, -0.25) is 9.59 Å². The second kappa shape index (κ2) is 16.2. The number of rotatable bonds is 14. The normalized spacial score (nSPS) is 14.4. The number of aromatic hydroxyl groups is 1. The van der Waals surface area contributed by atoms with Crippen LogP contribution in [0.2, 0.25) is 0 Å². The number of carbonyl (C=O) groups is 3. The summed E-state index contributed by atoms with van der Waals surface area (Å²) in [6, 6.07) is 13.4. The van der Waals surface area contributed by atoms with Crippen molar-refractivity contribution in [1.82, 2.24) is 15.5 Å². The molecule has 0 fully saturated rings. The monoisotopic (exact) mass is 581 g/mol. The van der Waals surface area contributed by atoms with Gasteiger partial charge in [-0.25, -0.2) is 4.79 Å². The second-order valence-electron chi connectivity index (χ2n) is 12.6. The maximum Gasteiger partial charge on any atom is 0.408 e. The summed E-state index contributed by atoms with van der Waals surface area (Å²) in [7, 11) is 0. The molecule has 0 aromatic heterocycles. The minimum Gasteiger partial charge on any atom is -0.508 e. The van der Waals surface area contributed by atoms with Gasteiger partial charge in [0.15, 0.2) is 0 Å². The SMILES string of the molecule is CCCC(C)NC(=O)C(c1ccccc1O)N(C(=O)C(Cc1ccccc1)NC(=O)OC(C)(C)C)C(C)CCC(C)C. The third-order valence-electron chi connectivity index (χ3n) is 7.03. The van der Waals surface area contributed by atoms with Crippen LogP contribution >= 0.6 is 0 Å². The summed E-state index contributed by atoms with van der Waals surface area (Å²) in [5, 5.41) is 16.8. The molecule has 0 bridgehead atoms. The molecule has 0 heterocycles. The second-order valence-corrected chi connectivity index (χ2v) is 12.6. The van der Waals surface area contributed by atoms with E-state index in [9.17, 15) is 19.5 Å². The Morgan fingerprint density at radius 3 is 2.07 bits per heavy atom. The molecule has 0 spiro atoms. The molecule has 8 heteroatoms. The highest BCUT2D eigenvalue weighted by molar-refractivity contribution is 5.93. The standard InChI is InChI=1S/C34H51N3O5/c1-9-15-24(4)35-31(39)30(27-18-13-14-19-29(27)38)37(25(5)21-20-23(2)3)32(40)28(22-26-16-11-10-12-17-26)36-33(41)42-34(6,7)8/h10-14,16-19,23-25,28,30,38H,9,15,20-22H2,1-8H3,(H,35,39)(H,36,41). The number of para-hydroxylation sites is 1. The number of hydrogen-bond donors (Lipinski definition) is 3. The van der Waals surface area contributed by atoms with Gasteiger partial charge in [-0.15, -0.1) is 0 Å². The first-order chi connectivity index (χ1) is 19.7. The van der Waals surface area contributed by atoms with Crippen LogP contribution in [0, 0.1) is 5.92 Å². The largest absolute Gasteiger partial charge is 0.508 e. The molecule has 0 aliphatic rings. The van der Waals surface area contributed by atoms with Crippen LogP contribution in [-0.4, -0.2) is 51.6 Å². The van der Waals surface area contributed by atoms with E-state index in [-0.39, 0.29) is 30.2 Å². The van der Waals surface area contributed by atoms with E-state index in [0.29, 0.717) is 17.9 Å². The highest BCUT2D eigenvalue weighted by atomic mass is 16.6. The van der Waals surface area contributed by atoms with Gasteiger partial charge < -0.3 is 25.4 Å². The topological polar surface area (TPSA) is 108 Å². The van der Waals surface area contributed by atoms with Crippen molar-refractivity contribution in [2.45, 2.75) is 117 Å². The van der Waals surface area contributed by atoms with Gasteiger partial charge in [0.2, 0.25) is 11.8 Å². The molecular formula is C34H51N3O5. The number of benzene rings is 2. The molecule has 8 nitrogen and oxygen atoms in total. The van der Waals surface area contributed by atoms with E-state index in [2.05, 4.69) is 24.5 Å². The number of phenols is 1. The average molecular weight is 582 g/mol. The molecule has 3 amide bonds. The Morgan fingerprint density at radius 2 is 1.50 bits per heavy atom. The van der Waals surface area contributed by atoms with Gasteiger partial charge >= 0.3 is 6.09 Å². The highest BCUT2D eigenvalue weighted by Crippen LogP contribution is 2.33. The van der Waals surface area contributed by atoms with Crippen molar-refractivity contribution in [3.63, 3.8) is 0 Å². The molecule has 0 radical (unpaired) electrons. The van der Waals surface area contributed by atoms with Crippen molar-refractivity contribution in [2.75, 3.05) is 0 Å². The average Bonchev–Trinajstić information content (AvgIpc) is 2.89. The maximum atomic E-state index is 14.7. The van der Waals surface area contributed by atoms with Crippen molar-refractivity contribution >= 4 is 17.9 Å². The summed E-state index contributed by atoms with van der Waals surface area (Å²) in [5.41, 5.74) is 0.420. The first-order valence-corrected chi connectivity index (χ1v) is 15.2. The van der Waals surface area contributed by atoms with Crippen molar-refractivity contribution in [2.24, 2.45) is 5.92 Å². The molecule has 0 saturated heterocycles. The molecule has 4 unspecified atom stereocenters. The first kappa shape index (κ1) is 34.7. The summed E-state index contributed by atoms with van der Waals surface area (Å²) < 4.78 is 5.53. The lowest BCUT2D eigenvalue weighted by atomic mass is 9.95. The molecule has 232 valence electrons. The van der Waals surface area contributed by atoms with Gasteiger partial charge in [0.05, 0.1) is 0 Å². The molecule has 2 rings (SSSR count). The zero-order valence-electron chi connectivity index (χ0n) is 26.6. The minimum atomic E-state index is -1.11. The van der Waals surface area contributed by atoms with Crippen LogP contribution in [0.3, 0.4) is 0 Å². The number of amides is 3. The van der Waals surface area contributed by atoms with Crippen LogP contribution < -0.4 is 10.6 Å². The Kier molecular flexibility index (Phi) is 13.4. The van der Waals surface area contributed by atoms with Crippen LogP contribution in [-0.2, 0) is 20.7 Å². The van der Waals surface area contributed by atoms with E-state index < -0.39 is 29.7 Å². The Morgan fingerprint density at radius 1 is 0.881 bits per heavy atom. The molecule has 2 aromatic rings. The van der Waals surface area contributed by atoms with Crippen molar-refractivity contribution in [1.29, 1.82) is 0 Å². The summed E-state index contributed by atoms with van der Waals surface area (Å²) in [6.45, 7) is 15.4. The number of nitrogens with zero attached hydrogens (tertiary/aromatic N) is 1. The van der Waals surface area contributed by atoms with Crippen LogP contribution in [0.15, 0.2) is 54.6 Å². The van der Waals surface area contributed by atoms with E-state index in [1.54, 1.807) is 43.9 Å². The summed E-state index contributed by atoms with van der Waals surface area (Å²) in [4.78, 5) is 43.2. The number of carbonyl (C=O) groups excluding carboxylic acids is 3. The van der Waals surface area contributed by atoms with Gasteiger partial charge in [-0.1, -0.05) is 75.7 Å². The fourth-order valence-electron chi connectivity index (χ4n) is 4.96. The van der Waals surface area contributed by atoms with E-state index >= 15 is 0 Å².